The lowest BCUT2D eigenvalue weighted by atomic mass is 9.88. The lowest BCUT2D eigenvalue weighted by molar-refractivity contribution is 0.0857. The smallest absolute Gasteiger partial charge is 0.0494 e. The molecule has 2 nitrogen and oxygen atoms in total. The van der Waals surface area contributed by atoms with E-state index in [-0.39, 0.29) is 0 Å². The number of hydrogen-bond acceptors (Lipinski definition) is 1. The van der Waals surface area contributed by atoms with Crippen LogP contribution in [0.5, 0.6) is 0 Å². The highest BCUT2D eigenvalue weighted by atomic mass is 16.5. The first kappa shape index (κ1) is 28.9. The van der Waals surface area contributed by atoms with Crippen molar-refractivity contribution in [3.05, 3.63) is 5.73 Å². The quantitative estimate of drug-likeness (QED) is 0.146. The Bertz CT molecular complexity index is 294. The van der Waals surface area contributed by atoms with Crippen molar-refractivity contribution in [1.29, 1.82) is 0 Å². The normalized spacial score (nSPS) is 13.7. The molecule has 0 fully saturated rings. The fraction of sp³-hybridized carbons (Fsp3) is 1.00. The van der Waals surface area contributed by atoms with Crippen molar-refractivity contribution in [3.63, 3.8) is 0 Å². The van der Waals surface area contributed by atoms with Crippen molar-refractivity contribution in [3.8, 4) is 0 Å². The van der Waals surface area contributed by atoms with Crippen LogP contribution in [-0.4, -0.2) is 19.8 Å². The Hall–Kier alpha value is -0.0800. The molecule has 1 N–H and O–H groups in total. The van der Waals surface area contributed by atoms with Gasteiger partial charge in [0, 0.05) is 13.2 Å². The molecule has 2 unspecified atom stereocenters. The van der Waals surface area contributed by atoms with Gasteiger partial charge in [0.1, 0.15) is 0 Å². The third kappa shape index (κ3) is 22.4. The minimum Gasteiger partial charge on any atom is -0.677 e. The molecule has 176 valence electrons. The van der Waals surface area contributed by atoms with E-state index in [1.807, 2.05) is 0 Å². The molecule has 0 aliphatic rings. The molecular formula is C27H56NO-. The highest BCUT2D eigenvalue weighted by Crippen LogP contribution is 2.24. The van der Waals surface area contributed by atoms with Crippen LogP contribution in [0.25, 0.3) is 5.73 Å². The zero-order valence-corrected chi connectivity index (χ0v) is 20.6. The summed E-state index contributed by atoms with van der Waals surface area (Å²) in [4.78, 5) is 0. The second-order valence-electron chi connectivity index (χ2n) is 9.56. The molecule has 0 aromatic heterocycles. The average Bonchev–Trinajstić information content (AvgIpc) is 2.72. The molecule has 0 aromatic rings. The highest BCUT2D eigenvalue weighted by molar-refractivity contribution is 4.65. The van der Waals surface area contributed by atoms with Crippen LogP contribution >= 0.6 is 0 Å². The van der Waals surface area contributed by atoms with Crippen LogP contribution in [-0.2, 0) is 4.74 Å². The molecule has 0 aliphatic heterocycles. The number of unbranched alkanes of at least 4 members (excludes halogenated alkanes) is 13. The van der Waals surface area contributed by atoms with E-state index in [0.29, 0.717) is 6.54 Å². The summed E-state index contributed by atoms with van der Waals surface area (Å²) in [7, 11) is 0. The molecule has 2 heteroatoms. The van der Waals surface area contributed by atoms with Crippen molar-refractivity contribution in [2.45, 2.75) is 143 Å². The summed E-state index contributed by atoms with van der Waals surface area (Å²) in [5, 5.41) is 0. The zero-order chi connectivity index (χ0) is 21.4. The van der Waals surface area contributed by atoms with Gasteiger partial charge in [-0.2, -0.15) is 0 Å². The van der Waals surface area contributed by atoms with Gasteiger partial charge in [-0.05, 0) is 31.1 Å². The monoisotopic (exact) mass is 410 g/mol. The fourth-order valence-corrected chi connectivity index (χ4v) is 4.40. The van der Waals surface area contributed by atoms with Crippen molar-refractivity contribution in [2.24, 2.45) is 11.8 Å². The van der Waals surface area contributed by atoms with Crippen LogP contribution in [0.3, 0.4) is 0 Å². The number of nitrogens with one attached hydrogen (secondary N) is 1. The van der Waals surface area contributed by atoms with Gasteiger partial charge in [-0.3, -0.25) is 0 Å². The molecule has 0 aliphatic carbocycles. The number of ether oxygens (including phenoxy) is 1. The summed E-state index contributed by atoms with van der Waals surface area (Å²) < 4.78 is 5.92. The van der Waals surface area contributed by atoms with Crippen LogP contribution in [0.2, 0.25) is 0 Å². The van der Waals surface area contributed by atoms with Crippen LogP contribution < -0.4 is 0 Å². The van der Waals surface area contributed by atoms with Gasteiger partial charge in [0.2, 0.25) is 0 Å². The largest absolute Gasteiger partial charge is 0.677 e. The summed E-state index contributed by atoms with van der Waals surface area (Å²) in [6.45, 7) is 9.25. The van der Waals surface area contributed by atoms with E-state index in [9.17, 15) is 0 Å². The Balaban J connectivity index is 3.89. The number of hydrogen-bond donors (Lipinski definition) is 0. The molecule has 2 atom stereocenters. The van der Waals surface area contributed by atoms with Gasteiger partial charge in [0.25, 0.3) is 0 Å². The predicted molar refractivity (Wildman–Crippen MR) is 132 cm³/mol. The van der Waals surface area contributed by atoms with Gasteiger partial charge in [0.15, 0.2) is 0 Å². The van der Waals surface area contributed by atoms with E-state index in [4.69, 9.17) is 10.5 Å². The van der Waals surface area contributed by atoms with Crippen molar-refractivity contribution in [1.82, 2.24) is 0 Å². The summed E-state index contributed by atoms with van der Waals surface area (Å²) in [5.74, 6) is 1.57. The second kappa shape index (κ2) is 24.2. The van der Waals surface area contributed by atoms with E-state index in [2.05, 4.69) is 20.8 Å². The summed E-state index contributed by atoms with van der Waals surface area (Å²) in [5.41, 5.74) is 7.29. The fourth-order valence-electron chi connectivity index (χ4n) is 4.40. The molecule has 0 heterocycles. The van der Waals surface area contributed by atoms with E-state index in [0.717, 1.165) is 31.5 Å². The molecule has 0 saturated carbocycles. The lowest BCUT2D eigenvalue weighted by Gasteiger charge is -2.21. The van der Waals surface area contributed by atoms with E-state index < -0.39 is 0 Å². The van der Waals surface area contributed by atoms with Crippen molar-refractivity contribution >= 4 is 0 Å². The summed E-state index contributed by atoms with van der Waals surface area (Å²) in [6, 6.07) is 0. The van der Waals surface area contributed by atoms with Gasteiger partial charge in [0.05, 0.1) is 0 Å². The van der Waals surface area contributed by atoms with Gasteiger partial charge in [-0.1, -0.05) is 124 Å². The van der Waals surface area contributed by atoms with Crippen LogP contribution in [0.1, 0.15) is 143 Å². The zero-order valence-electron chi connectivity index (χ0n) is 20.6. The number of rotatable bonds is 24. The van der Waals surface area contributed by atoms with E-state index in [1.54, 1.807) is 0 Å². The van der Waals surface area contributed by atoms with Gasteiger partial charge in [-0.25, -0.2) is 0 Å². The third-order valence-electron chi connectivity index (χ3n) is 6.32. The molecule has 0 saturated heterocycles. The maximum atomic E-state index is 7.29. The Morgan fingerprint density at radius 3 is 1.62 bits per heavy atom. The Morgan fingerprint density at radius 1 is 0.621 bits per heavy atom. The topological polar surface area (TPSA) is 33.0 Å². The van der Waals surface area contributed by atoms with Crippen LogP contribution in [0.15, 0.2) is 0 Å². The third-order valence-corrected chi connectivity index (χ3v) is 6.32. The highest BCUT2D eigenvalue weighted by Gasteiger charge is 2.13. The standard InChI is InChI=1S/C27H56NO/c1-4-6-8-10-12-14-16-18-21-27(25-29-23-19-22-28)24-26(3)20-17-15-13-11-9-7-5-2/h26-28H,4-25H2,1-3H3/q-1. The van der Waals surface area contributed by atoms with Gasteiger partial charge < -0.3 is 10.5 Å². The first-order valence-electron chi connectivity index (χ1n) is 13.5. The van der Waals surface area contributed by atoms with E-state index >= 15 is 0 Å². The molecule has 0 radical (unpaired) electrons. The summed E-state index contributed by atoms with van der Waals surface area (Å²) >= 11 is 0. The second-order valence-corrected chi connectivity index (χ2v) is 9.56. The SMILES string of the molecule is CCCCCCCCCCC(COCCC[NH-])CC(C)CCCCCCCCC. The van der Waals surface area contributed by atoms with E-state index in [1.165, 1.54) is 116 Å². The molecule has 0 rings (SSSR count). The first-order valence-corrected chi connectivity index (χ1v) is 13.5. The minimum absolute atomic E-state index is 0.497. The predicted octanol–water partition coefficient (Wildman–Crippen LogP) is 9.76. The van der Waals surface area contributed by atoms with Gasteiger partial charge >= 0.3 is 0 Å². The maximum Gasteiger partial charge on any atom is 0.0494 e. The molecule has 0 amide bonds. The molecule has 29 heavy (non-hydrogen) atoms. The molecular weight excluding hydrogens is 354 g/mol. The first-order chi connectivity index (χ1) is 14.2. The summed E-state index contributed by atoms with van der Waals surface area (Å²) in [6.07, 6.45) is 26.1. The van der Waals surface area contributed by atoms with Crippen molar-refractivity contribution in [2.75, 3.05) is 19.8 Å². The molecule has 0 spiro atoms. The van der Waals surface area contributed by atoms with Gasteiger partial charge in [-0.15, -0.1) is 6.54 Å². The average molecular weight is 411 g/mol. The Labute approximate surface area is 185 Å². The van der Waals surface area contributed by atoms with Crippen molar-refractivity contribution < 1.29 is 4.74 Å². The van der Waals surface area contributed by atoms with Crippen LogP contribution in [0, 0.1) is 11.8 Å². The molecule has 0 bridgehead atoms. The molecule has 0 aromatic carbocycles. The Kier molecular flexibility index (Phi) is 24.1. The maximum absolute atomic E-state index is 7.29. The Morgan fingerprint density at radius 2 is 1.10 bits per heavy atom. The minimum atomic E-state index is 0.497. The van der Waals surface area contributed by atoms with Crippen LogP contribution in [0.4, 0.5) is 0 Å². The lowest BCUT2D eigenvalue weighted by Crippen LogP contribution is -2.14.